The first kappa shape index (κ1) is 13.7. The van der Waals surface area contributed by atoms with E-state index in [0.717, 1.165) is 10.7 Å². The van der Waals surface area contributed by atoms with Crippen molar-refractivity contribution in [1.82, 2.24) is 4.98 Å². The molecule has 1 heterocycles. The van der Waals surface area contributed by atoms with E-state index in [2.05, 4.69) is 20.9 Å². The van der Waals surface area contributed by atoms with Crippen LogP contribution in [0.25, 0.3) is 0 Å². The molecule has 2 N–H and O–H groups in total. The summed E-state index contributed by atoms with van der Waals surface area (Å²) in [4.78, 5) is 14.2. The number of hydrogen-bond acceptors (Lipinski definition) is 4. The zero-order valence-electron chi connectivity index (χ0n) is 9.13. The Bertz CT molecular complexity index is 446. The van der Waals surface area contributed by atoms with Gasteiger partial charge in [-0.2, -0.15) is 0 Å². The number of nitrogens with zero attached hydrogens (tertiary/aromatic N) is 1. The van der Waals surface area contributed by atoms with Gasteiger partial charge < -0.3 is 14.6 Å². The van der Waals surface area contributed by atoms with Crippen LogP contribution in [0.15, 0.2) is 33.4 Å². The molecule has 0 bridgehead atoms. The SMILES string of the molecule is C/C(Br)=C\C=C\C(O)Cc1nc(C(=O)O)co1. The summed E-state index contributed by atoms with van der Waals surface area (Å²) in [6.45, 7) is 1.87. The number of hydrogen-bond donors (Lipinski definition) is 2. The monoisotopic (exact) mass is 301 g/mol. The van der Waals surface area contributed by atoms with Gasteiger partial charge >= 0.3 is 5.97 Å². The molecule has 1 atom stereocenters. The number of carboxylic acid groups (broad SMARTS) is 1. The maximum Gasteiger partial charge on any atom is 0.357 e. The molecule has 0 saturated heterocycles. The quantitative estimate of drug-likeness (QED) is 0.814. The minimum Gasteiger partial charge on any atom is -0.476 e. The van der Waals surface area contributed by atoms with Gasteiger partial charge in [0, 0.05) is 0 Å². The van der Waals surface area contributed by atoms with Gasteiger partial charge in [-0.1, -0.05) is 34.2 Å². The summed E-state index contributed by atoms with van der Waals surface area (Å²) in [6, 6.07) is 0. The van der Waals surface area contributed by atoms with Gasteiger partial charge in [0.15, 0.2) is 11.6 Å². The normalized spacial score (nSPS) is 14.2. The Hall–Kier alpha value is -1.40. The van der Waals surface area contributed by atoms with Gasteiger partial charge in [0.25, 0.3) is 0 Å². The summed E-state index contributed by atoms with van der Waals surface area (Å²) in [5, 5.41) is 18.2. The largest absolute Gasteiger partial charge is 0.476 e. The zero-order valence-corrected chi connectivity index (χ0v) is 10.7. The Morgan fingerprint density at radius 1 is 1.71 bits per heavy atom. The van der Waals surface area contributed by atoms with Crippen LogP contribution >= 0.6 is 15.9 Å². The summed E-state index contributed by atoms with van der Waals surface area (Å²) in [5.74, 6) is -0.957. The number of aliphatic hydroxyl groups is 1. The van der Waals surface area contributed by atoms with E-state index in [1.165, 1.54) is 0 Å². The number of halogens is 1. The molecule has 0 aliphatic carbocycles. The van der Waals surface area contributed by atoms with Crippen LogP contribution in [0.2, 0.25) is 0 Å². The molecule has 1 aromatic heterocycles. The van der Waals surface area contributed by atoms with Crippen molar-refractivity contribution in [2.75, 3.05) is 0 Å². The second-order valence-corrected chi connectivity index (χ2v) is 4.59. The summed E-state index contributed by atoms with van der Waals surface area (Å²) in [5.41, 5.74) is -0.160. The fraction of sp³-hybridized carbons (Fsp3) is 0.273. The van der Waals surface area contributed by atoms with Crippen molar-refractivity contribution in [3.63, 3.8) is 0 Å². The third-order valence-electron chi connectivity index (χ3n) is 1.81. The van der Waals surface area contributed by atoms with Crippen molar-refractivity contribution in [1.29, 1.82) is 0 Å². The van der Waals surface area contributed by atoms with Gasteiger partial charge in [-0.25, -0.2) is 9.78 Å². The Kier molecular flexibility index (Phi) is 5.11. The van der Waals surface area contributed by atoms with Gasteiger partial charge in [0.1, 0.15) is 6.26 Å². The van der Waals surface area contributed by atoms with Gasteiger partial charge in [-0.05, 0) is 11.4 Å². The molecule has 0 aromatic carbocycles. The number of aliphatic hydroxyl groups excluding tert-OH is 1. The molecule has 1 rings (SSSR count). The van der Waals surface area contributed by atoms with Crippen molar-refractivity contribution in [2.24, 2.45) is 0 Å². The second-order valence-electron chi connectivity index (χ2n) is 3.34. The van der Waals surface area contributed by atoms with E-state index >= 15 is 0 Å². The Morgan fingerprint density at radius 3 is 2.94 bits per heavy atom. The van der Waals surface area contributed by atoms with E-state index in [4.69, 9.17) is 9.52 Å². The molecule has 0 radical (unpaired) electrons. The molecule has 0 amide bonds. The third-order valence-corrected chi connectivity index (χ3v) is 2.08. The molecule has 0 saturated carbocycles. The number of carboxylic acids is 1. The van der Waals surface area contributed by atoms with Crippen LogP contribution in [0, 0.1) is 0 Å². The van der Waals surface area contributed by atoms with Gasteiger partial charge in [-0.3, -0.25) is 0 Å². The lowest BCUT2D eigenvalue weighted by atomic mass is 10.2. The van der Waals surface area contributed by atoms with E-state index in [1.807, 2.05) is 6.92 Å². The minimum absolute atomic E-state index is 0.138. The van der Waals surface area contributed by atoms with Gasteiger partial charge in [0.05, 0.1) is 12.5 Å². The molecule has 92 valence electrons. The highest BCUT2D eigenvalue weighted by atomic mass is 79.9. The average molecular weight is 302 g/mol. The smallest absolute Gasteiger partial charge is 0.357 e. The number of aromatic carboxylic acids is 1. The molecule has 5 nitrogen and oxygen atoms in total. The lowest BCUT2D eigenvalue weighted by Gasteiger charge is -1.99. The Balaban J connectivity index is 2.56. The van der Waals surface area contributed by atoms with E-state index in [9.17, 15) is 9.90 Å². The molecule has 1 unspecified atom stereocenters. The van der Waals surface area contributed by atoms with Gasteiger partial charge in [-0.15, -0.1) is 0 Å². The minimum atomic E-state index is -1.15. The Labute approximate surface area is 107 Å². The molecule has 0 aliphatic heterocycles. The van der Waals surface area contributed by atoms with Crippen LogP contribution in [0.1, 0.15) is 23.3 Å². The first-order valence-corrected chi connectivity index (χ1v) is 5.64. The predicted molar refractivity (Wildman–Crippen MR) is 65.0 cm³/mol. The lowest BCUT2D eigenvalue weighted by Crippen LogP contribution is -2.07. The van der Waals surface area contributed by atoms with Gasteiger partial charge in [0.2, 0.25) is 0 Å². The maximum absolute atomic E-state index is 10.5. The number of oxazole rings is 1. The summed E-state index contributed by atoms with van der Waals surface area (Å²) >= 11 is 3.24. The van der Waals surface area contributed by atoms with Crippen LogP contribution in [0.5, 0.6) is 0 Å². The summed E-state index contributed by atoms with van der Waals surface area (Å²) in [6.07, 6.45) is 5.46. The lowest BCUT2D eigenvalue weighted by molar-refractivity contribution is 0.0690. The highest BCUT2D eigenvalue weighted by Crippen LogP contribution is 2.07. The van der Waals surface area contributed by atoms with E-state index < -0.39 is 12.1 Å². The highest BCUT2D eigenvalue weighted by Gasteiger charge is 2.12. The van der Waals surface area contributed by atoms with Crippen LogP contribution < -0.4 is 0 Å². The van der Waals surface area contributed by atoms with Crippen LogP contribution in [0.4, 0.5) is 0 Å². The van der Waals surface area contributed by atoms with E-state index in [-0.39, 0.29) is 18.0 Å². The van der Waals surface area contributed by atoms with Crippen molar-refractivity contribution >= 4 is 21.9 Å². The molecule has 0 fully saturated rings. The molecule has 1 aromatic rings. The molecular formula is C11H12BrNO4. The number of rotatable bonds is 5. The molecule has 0 aliphatic rings. The first-order valence-electron chi connectivity index (χ1n) is 4.85. The highest BCUT2D eigenvalue weighted by molar-refractivity contribution is 9.11. The molecule has 17 heavy (non-hydrogen) atoms. The van der Waals surface area contributed by atoms with E-state index in [1.54, 1.807) is 18.2 Å². The topological polar surface area (TPSA) is 83.6 Å². The van der Waals surface area contributed by atoms with Crippen molar-refractivity contribution in [2.45, 2.75) is 19.4 Å². The number of carbonyl (C=O) groups is 1. The zero-order chi connectivity index (χ0) is 12.8. The molecular weight excluding hydrogens is 290 g/mol. The Morgan fingerprint density at radius 2 is 2.41 bits per heavy atom. The standard InChI is InChI=1S/C11H12BrNO4/c1-7(12)3-2-4-8(14)5-10-13-9(6-17-10)11(15)16/h2-4,6,8,14H,5H2,1H3,(H,15,16)/b4-2+,7-3+. The van der Waals surface area contributed by atoms with Crippen LogP contribution in [-0.2, 0) is 6.42 Å². The van der Waals surface area contributed by atoms with Crippen LogP contribution in [0.3, 0.4) is 0 Å². The first-order chi connectivity index (χ1) is 7.99. The molecule has 6 heteroatoms. The number of aromatic nitrogens is 1. The number of allylic oxidation sites excluding steroid dienone is 3. The van der Waals surface area contributed by atoms with Crippen LogP contribution in [-0.4, -0.2) is 27.3 Å². The fourth-order valence-corrected chi connectivity index (χ4v) is 1.22. The maximum atomic E-state index is 10.5. The molecule has 0 spiro atoms. The van der Waals surface area contributed by atoms with Crippen molar-refractivity contribution in [3.05, 3.63) is 40.6 Å². The average Bonchev–Trinajstić information content (AvgIpc) is 2.65. The van der Waals surface area contributed by atoms with Crippen molar-refractivity contribution < 1.29 is 19.4 Å². The second kappa shape index (κ2) is 6.36. The third kappa shape index (κ3) is 4.97. The van der Waals surface area contributed by atoms with Crippen molar-refractivity contribution in [3.8, 4) is 0 Å². The van der Waals surface area contributed by atoms with E-state index in [0.29, 0.717) is 0 Å². The summed E-state index contributed by atoms with van der Waals surface area (Å²) in [7, 11) is 0. The fourth-order valence-electron chi connectivity index (χ4n) is 1.07. The predicted octanol–water partition coefficient (Wildman–Crippen LogP) is 2.13. The summed E-state index contributed by atoms with van der Waals surface area (Å²) < 4.78 is 5.85.